The van der Waals surface area contributed by atoms with E-state index in [4.69, 9.17) is 10.5 Å². The molecular formula is C8H13N3O. The Morgan fingerprint density at radius 1 is 1.58 bits per heavy atom. The highest BCUT2D eigenvalue weighted by molar-refractivity contribution is 5.39. The van der Waals surface area contributed by atoms with Gasteiger partial charge in [0.05, 0.1) is 17.6 Å². The summed E-state index contributed by atoms with van der Waals surface area (Å²) in [5.41, 5.74) is 6.97. The molecule has 0 bridgehead atoms. The van der Waals surface area contributed by atoms with Crippen LogP contribution in [0.5, 0.6) is 0 Å². The second-order valence-electron chi connectivity index (χ2n) is 2.65. The van der Waals surface area contributed by atoms with Crippen LogP contribution in [0.1, 0.15) is 24.5 Å². The van der Waals surface area contributed by atoms with Gasteiger partial charge in [-0.3, -0.25) is 0 Å². The summed E-state index contributed by atoms with van der Waals surface area (Å²) in [5, 5.41) is 0. The van der Waals surface area contributed by atoms with E-state index in [-0.39, 0.29) is 6.10 Å². The molecule has 4 nitrogen and oxygen atoms in total. The van der Waals surface area contributed by atoms with Crippen LogP contribution in [0, 0.1) is 6.92 Å². The fraction of sp³-hybridized carbons (Fsp3) is 0.500. The van der Waals surface area contributed by atoms with Crippen molar-refractivity contribution in [3.63, 3.8) is 0 Å². The molecule has 0 radical (unpaired) electrons. The van der Waals surface area contributed by atoms with Gasteiger partial charge in [-0.2, -0.15) is 0 Å². The molecule has 0 amide bonds. The van der Waals surface area contributed by atoms with Crippen molar-refractivity contribution < 1.29 is 4.74 Å². The van der Waals surface area contributed by atoms with E-state index >= 15 is 0 Å². The Hall–Kier alpha value is -1.16. The number of hydrogen-bond acceptors (Lipinski definition) is 4. The van der Waals surface area contributed by atoms with E-state index in [0.29, 0.717) is 11.5 Å². The van der Waals surface area contributed by atoms with E-state index in [1.165, 1.54) is 0 Å². The van der Waals surface area contributed by atoms with Crippen molar-refractivity contribution in [3.8, 4) is 0 Å². The third-order valence-electron chi connectivity index (χ3n) is 1.75. The van der Waals surface area contributed by atoms with Gasteiger partial charge in [0.15, 0.2) is 5.82 Å². The molecule has 0 aromatic carbocycles. The maximum absolute atomic E-state index is 5.56. The van der Waals surface area contributed by atoms with Crippen LogP contribution in [0.2, 0.25) is 0 Å². The molecule has 1 rings (SSSR count). The highest BCUT2D eigenvalue weighted by Gasteiger charge is 2.07. The average Bonchev–Trinajstić information content (AvgIpc) is 2.08. The van der Waals surface area contributed by atoms with Gasteiger partial charge in [-0.05, 0) is 13.8 Å². The summed E-state index contributed by atoms with van der Waals surface area (Å²) >= 11 is 0. The number of aryl methyl sites for hydroxylation is 1. The molecule has 66 valence electrons. The molecule has 0 saturated heterocycles. The zero-order valence-corrected chi connectivity index (χ0v) is 7.53. The SMILES string of the molecule is COC(C)c1ncc(N)c(C)n1. The second kappa shape index (κ2) is 3.49. The van der Waals surface area contributed by atoms with Gasteiger partial charge < -0.3 is 10.5 Å². The number of nitrogen functional groups attached to an aromatic ring is 1. The van der Waals surface area contributed by atoms with Gasteiger partial charge >= 0.3 is 0 Å². The maximum atomic E-state index is 5.56. The van der Waals surface area contributed by atoms with E-state index in [2.05, 4.69) is 9.97 Å². The predicted octanol–water partition coefficient (Wildman–Crippen LogP) is 1.07. The molecule has 2 N–H and O–H groups in total. The van der Waals surface area contributed by atoms with Crippen LogP contribution < -0.4 is 5.73 Å². The smallest absolute Gasteiger partial charge is 0.157 e. The second-order valence-corrected chi connectivity index (χ2v) is 2.65. The minimum atomic E-state index is -0.0794. The topological polar surface area (TPSA) is 61.0 Å². The normalized spacial score (nSPS) is 12.9. The summed E-state index contributed by atoms with van der Waals surface area (Å²) in [6.07, 6.45) is 1.52. The van der Waals surface area contributed by atoms with Crippen LogP contribution in [0.4, 0.5) is 5.69 Å². The van der Waals surface area contributed by atoms with Crippen molar-refractivity contribution >= 4 is 5.69 Å². The number of ether oxygens (including phenoxy) is 1. The minimum absolute atomic E-state index is 0.0794. The van der Waals surface area contributed by atoms with Gasteiger partial charge in [-0.1, -0.05) is 0 Å². The first-order valence-corrected chi connectivity index (χ1v) is 3.77. The van der Waals surface area contributed by atoms with Gasteiger partial charge in [-0.25, -0.2) is 9.97 Å². The van der Waals surface area contributed by atoms with Crippen LogP contribution >= 0.6 is 0 Å². The molecule has 1 aromatic heterocycles. The Morgan fingerprint density at radius 2 is 2.25 bits per heavy atom. The van der Waals surface area contributed by atoms with Crippen LogP contribution in [0.3, 0.4) is 0 Å². The number of anilines is 1. The predicted molar refractivity (Wildman–Crippen MR) is 46.6 cm³/mol. The van der Waals surface area contributed by atoms with E-state index in [1.807, 2.05) is 13.8 Å². The molecular weight excluding hydrogens is 154 g/mol. The summed E-state index contributed by atoms with van der Waals surface area (Å²) in [7, 11) is 1.62. The molecule has 1 atom stereocenters. The van der Waals surface area contributed by atoms with Gasteiger partial charge in [0.1, 0.15) is 6.10 Å². The van der Waals surface area contributed by atoms with E-state index in [0.717, 1.165) is 5.69 Å². The summed E-state index contributed by atoms with van der Waals surface area (Å²) < 4.78 is 5.07. The quantitative estimate of drug-likeness (QED) is 0.715. The van der Waals surface area contributed by atoms with Gasteiger partial charge in [0.25, 0.3) is 0 Å². The van der Waals surface area contributed by atoms with Crippen LogP contribution in [0.15, 0.2) is 6.20 Å². The highest BCUT2D eigenvalue weighted by atomic mass is 16.5. The molecule has 1 aromatic rings. The van der Waals surface area contributed by atoms with Crippen molar-refractivity contribution in [2.24, 2.45) is 0 Å². The van der Waals surface area contributed by atoms with Gasteiger partial charge in [0, 0.05) is 7.11 Å². The Kier molecular flexibility index (Phi) is 2.60. The summed E-state index contributed by atoms with van der Waals surface area (Å²) in [6, 6.07) is 0. The number of hydrogen-bond donors (Lipinski definition) is 1. The molecule has 1 heterocycles. The molecule has 4 heteroatoms. The van der Waals surface area contributed by atoms with Crippen molar-refractivity contribution in [1.29, 1.82) is 0 Å². The number of nitrogens with two attached hydrogens (primary N) is 1. The molecule has 0 fully saturated rings. The molecule has 0 spiro atoms. The van der Waals surface area contributed by atoms with E-state index in [9.17, 15) is 0 Å². The van der Waals surface area contributed by atoms with E-state index < -0.39 is 0 Å². The average molecular weight is 167 g/mol. The molecule has 12 heavy (non-hydrogen) atoms. The minimum Gasteiger partial charge on any atom is -0.396 e. The van der Waals surface area contributed by atoms with Gasteiger partial charge in [-0.15, -0.1) is 0 Å². The summed E-state index contributed by atoms with van der Waals surface area (Å²) in [5.74, 6) is 0.671. The Balaban J connectivity index is 2.96. The lowest BCUT2D eigenvalue weighted by atomic mass is 10.3. The largest absolute Gasteiger partial charge is 0.396 e. The molecule has 0 aliphatic heterocycles. The first-order chi connectivity index (χ1) is 5.65. The molecule has 0 saturated carbocycles. The lowest BCUT2D eigenvalue weighted by Crippen LogP contribution is -2.05. The van der Waals surface area contributed by atoms with Crippen molar-refractivity contribution in [1.82, 2.24) is 9.97 Å². The fourth-order valence-electron chi connectivity index (χ4n) is 0.796. The number of aromatic nitrogens is 2. The first-order valence-electron chi connectivity index (χ1n) is 3.77. The Bertz CT molecular complexity index is 275. The standard InChI is InChI=1S/C8H13N3O/c1-5-7(9)4-10-8(11-5)6(2)12-3/h4,6H,9H2,1-3H3. The highest BCUT2D eigenvalue weighted by Crippen LogP contribution is 2.13. The third kappa shape index (κ3) is 1.71. The lowest BCUT2D eigenvalue weighted by Gasteiger charge is -2.08. The summed E-state index contributed by atoms with van der Waals surface area (Å²) in [6.45, 7) is 3.74. The third-order valence-corrected chi connectivity index (χ3v) is 1.75. The molecule has 0 aliphatic rings. The van der Waals surface area contributed by atoms with Crippen molar-refractivity contribution in [3.05, 3.63) is 17.7 Å². The van der Waals surface area contributed by atoms with Crippen LogP contribution in [-0.2, 0) is 4.74 Å². The van der Waals surface area contributed by atoms with Gasteiger partial charge in [0.2, 0.25) is 0 Å². The maximum Gasteiger partial charge on any atom is 0.157 e. The zero-order chi connectivity index (χ0) is 9.14. The number of nitrogens with zero attached hydrogens (tertiary/aromatic N) is 2. The first kappa shape index (κ1) is 8.93. The zero-order valence-electron chi connectivity index (χ0n) is 7.53. The number of methoxy groups -OCH3 is 1. The molecule has 0 aliphatic carbocycles. The lowest BCUT2D eigenvalue weighted by molar-refractivity contribution is 0.112. The van der Waals surface area contributed by atoms with E-state index in [1.54, 1.807) is 13.3 Å². The van der Waals surface area contributed by atoms with Crippen molar-refractivity contribution in [2.45, 2.75) is 20.0 Å². The van der Waals surface area contributed by atoms with Crippen molar-refractivity contribution in [2.75, 3.05) is 12.8 Å². The fourth-order valence-corrected chi connectivity index (χ4v) is 0.796. The van der Waals surface area contributed by atoms with Crippen LogP contribution in [-0.4, -0.2) is 17.1 Å². The summed E-state index contributed by atoms with van der Waals surface area (Å²) in [4.78, 5) is 8.23. The monoisotopic (exact) mass is 167 g/mol. The molecule has 1 unspecified atom stereocenters. The number of rotatable bonds is 2. The Morgan fingerprint density at radius 3 is 2.75 bits per heavy atom. The van der Waals surface area contributed by atoms with Crippen LogP contribution in [0.25, 0.3) is 0 Å². The Labute approximate surface area is 71.8 Å².